The highest BCUT2D eigenvalue weighted by Crippen LogP contribution is 2.22. The van der Waals surface area contributed by atoms with E-state index in [4.69, 9.17) is 9.84 Å². The second-order valence-corrected chi connectivity index (χ2v) is 2.28. The lowest BCUT2D eigenvalue weighted by atomic mass is 10.1. The number of hydrogen-bond donors (Lipinski definition) is 1. The summed E-state index contributed by atoms with van der Waals surface area (Å²) in [5, 5.41) is 9.04. The van der Waals surface area contributed by atoms with Gasteiger partial charge in [-0.3, -0.25) is 0 Å². The van der Waals surface area contributed by atoms with E-state index in [1.54, 1.807) is 6.92 Å². The van der Waals surface area contributed by atoms with Gasteiger partial charge in [0.1, 0.15) is 5.76 Å². The minimum atomic E-state index is -1.02. The van der Waals surface area contributed by atoms with E-state index in [0.29, 0.717) is 17.8 Å². The summed E-state index contributed by atoms with van der Waals surface area (Å²) in [7, 11) is 0. The molecule has 0 radical (unpaired) electrons. The van der Waals surface area contributed by atoms with Crippen LogP contribution in [0.25, 0.3) is 0 Å². The third kappa shape index (κ3) is 0.926. The Hall–Kier alpha value is -0.830. The zero-order chi connectivity index (χ0) is 7.72. The van der Waals surface area contributed by atoms with Gasteiger partial charge in [-0.2, -0.15) is 0 Å². The summed E-state index contributed by atoms with van der Waals surface area (Å²) in [6.07, 6.45) is -0.357. The molecule has 1 rings (SSSR count). The first-order valence-corrected chi connectivity index (χ1v) is 3.26. The molecule has 0 aromatic carbocycles. The Balaban J connectivity index is 2.83. The number of aliphatic hydroxyl groups excluding tert-OH is 1. The van der Waals surface area contributed by atoms with Crippen molar-refractivity contribution >= 4 is 5.97 Å². The third-order valence-electron chi connectivity index (χ3n) is 1.62. The van der Waals surface area contributed by atoms with Crippen LogP contribution in [-0.2, 0) is 9.53 Å². The van der Waals surface area contributed by atoms with Crippen LogP contribution in [0.3, 0.4) is 0 Å². The van der Waals surface area contributed by atoms with Gasteiger partial charge in [0.2, 0.25) is 0 Å². The fraction of sp³-hybridized carbons (Fsp3) is 0.571. The van der Waals surface area contributed by atoms with Crippen LogP contribution in [-0.4, -0.2) is 17.2 Å². The molecular formula is C7H10O3. The molecule has 0 unspecified atom stereocenters. The number of esters is 1. The van der Waals surface area contributed by atoms with Gasteiger partial charge in [-0.05, 0) is 6.92 Å². The van der Waals surface area contributed by atoms with Gasteiger partial charge in [0.05, 0.1) is 0 Å². The Kier molecular flexibility index (Phi) is 1.76. The number of aliphatic hydroxyl groups is 1. The minimum absolute atomic E-state index is 0.547. The minimum Gasteiger partial charge on any atom is -0.429 e. The van der Waals surface area contributed by atoms with E-state index in [-0.39, 0.29) is 0 Å². The molecular weight excluding hydrogens is 132 g/mol. The molecule has 0 spiro atoms. The SMILES string of the molecule is CCC1=C(C)[C@H](O)C(=O)O1. The number of rotatable bonds is 1. The number of allylic oxidation sites excluding steroid dienone is 1. The van der Waals surface area contributed by atoms with Gasteiger partial charge >= 0.3 is 5.97 Å². The molecule has 1 aliphatic rings. The lowest BCUT2D eigenvalue weighted by Gasteiger charge is -1.94. The molecule has 0 aromatic heterocycles. The predicted molar refractivity (Wildman–Crippen MR) is 35.1 cm³/mol. The molecule has 0 fully saturated rings. The van der Waals surface area contributed by atoms with E-state index >= 15 is 0 Å². The second kappa shape index (κ2) is 2.42. The van der Waals surface area contributed by atoms with Gasteiger partial charge in [-0.15, -0.1) is 0 Å². The van der Waals surface area contributed by atoms with E-state index in [0.717, 1.165) is 0 Å². The largest absolute Gasteiger partial charge is 0.429 e. The standard InChI is InChI=1S/C7H10O3/c1-3-5-4(2)6(8)7(9)10-5/h6,8H,3H2,1-2H3/t6-/m0/s1. The molecule has 3 heteroatoms. The molecule has 1 heterocycles. The summed E-state index contributed by atoms with van der Waals surface area (Å²) in [6.45, 7) is 3.58. The maximum atomic E-state index is 10.6. The third-order valence-corrected chi connectivity index (χ3v) is 1.62. The van der Waals surface area contributed by atoms with Crippen molar-refractivity contribution in [2.24, 2.45) is 0 Å². The van der Waals surface area contributed by atoms with Crippen molar-refractivity contribution in [3.63, 3.8) is 0 Å². The Morgan fingerprint density at radius 3 is 2.50 bits per heavy atom. The van der Waals surface area contributed by atoms with Crippen molar-refractivity contribution in [2.45, 2.75) is 26.4 Å². The first-order valence-electron chi connectivity index (χ1n) is 3.26. The van der Waals surface area contributed by atoms with E-state index in [1.165, 1.54) is 0 Å². The average Bonchev–Trinajstić information content (AvgIpc) is 2.17. The Morgan fingerprint density at radius 2 is 2.30 bits per heavy atom. The van der Waals surface area contributed by atoms with Crippen molar-refractivity contribution < 1.29 is 14.6 Å². The molecule has 0 amide bonds. The van der Waals surface area contributed by atoms with Crippen molar-refractivity contribution in [2.75, 3.05) is 0 Å². The Morgan fingerprint density at radius 1 is 1.70 bits per heavy atom. The second-order valence-electron chi connectivity index (χ2n) is 2.28. The maximum Gasteiger partial charge on any atom is 0.344 e. The smallest absolute Gasteiger partial charge is 0.344 e. The summed E-state index contributed by atoms with van der Waals surface area (Å²) in [4.78, 5) is 10.6. The van der Waals surface area contributed by atoms with Crippen molar-refractivity contribution in [3.05, 3.63) is 11.3 Å². The van der Waals surface area contributed by atoms with Crippen LogP contribution in [0.4, 0.5) is 0 Å². The highest BCUT2D eigenvalue weighted by atomic mass is 16.6. The van der Waals surface area contributed by atoms with Crippen molar-refractivity contribution in [1.29, 1.82) is 0 Å². The maximum absolute atomic E-state index is 10.6. The van der Waals surface area contributed by atoms with Crippen molar-refractivity contribution in [3.8, 4) is 0 Å². The van der Waals surface area contributed by atoms with Crippen LogP contribution in [0.2, 0.25) is 0 Å². The summed E-state index contributed by atoms with van der Waals surface area (Å²) in [5.41, 5.74) is 0.646. The van der Waals surface area contributed by atoms with Gasteiger partial charge < -0.3 is 9.84 Å². The normalized spacial score (nSPS) is 25.5. The zero-order valence-electron chi connectivity index (χ0n) is 6.05. The van der Waals surface area contributed by atoms with Crippen LogP contribution >= 0.6 is 0 Å². The Bertz CT molecular complexity index is 193. The zero-order valence-corrected chi connectivity index (χ0v) is 6.05. The lowest BCUT2D eigenvalue weighted by molar-refractivity contribution is -0.143. The molecule has 0 saturated carbocycles. The van der Waals surface area contributed by atoms with Gasteiger partial charge in [0.15, 0.2) is 6.10 Å². The average molecular weight is 142 g/mol. The molecule has 3 nitrogen and oxygen atoms in total. The van der Waals surface area contributed by atoms with Crippen LogP contribution < -0.4 is 0 Å². The fourth-order valence-corrected chi connectivity index (χ4v) is 0.938. The van der Waals surface area contributed by atoms with Crippen LogP contribution in [0.15, 0.2) is 11.3 Å². The van der Waals surface area contributed by atoms with Gasteiger partial charge in [0, 0.05) is 12.0 Å². The van der Waals surface area contributed by atoms with Gasteiger partial charge in [-0.1, -0.05) is 6.92 Å². The van der Waals surface area contributed by atoms with Crippen LogP contribution in [0.5, 0.6) is 0 Å². The van der Waals surface area contributed by atoms with E-state index < -0.39 is 12.1 Å². The fourth-order valence-electron chi connectivity index (χ4n) is 0.938. The number of hydrogen-bond acceptors (Lipinski definition) is 3. The predicted octanol–water partition coefficient (Wildman–Crippen LogP) is 0.588. The van der Waals surface area contributed by atoms with Crippen LogP contribution in [0.1, 0.15) is 20.3 Å². The molecule has 0 aliphatic carbocycles. The monoisotopic (exact) mass is 142 g/mol. The Labute approximate surface area is 59.3 Å². The number of cyclic esters (lactones) is 1. The van der Waals surface area contributed by atoms with E-state index in [9.17, 15) is 4.79 Å². The lowest BCUT2D eigenvalue weighted by Crippen LogP contribution is -2.15. The van der Waals surface area contributed by atoms with Crippen molar-refractivity contribution in [1.82, 2.24) is 0 Å². The highest BCUT2D eigenvalue weighted by Gasteiger charge is 2.29. The van der Waals surface area contributed by atoms with E-state index in [2.05, 4.69) is 0 Å². The summed E-state index contributed by atoms with van der Waals surface area (Å²) >= 11 is 0. The number of carbonyl (C=O) groups excluding carboxylic acids is 1. The molecule has 10 heavy (non-hydrogen) atoms. The first-order chi connectivity index (χ1) is 4.66. The topological polar surface area (TPSA) is 46.5 Å². The molecule has 0 aromatic rings. The molecule has 1 aliphatic heterocycles. The molecule has 56 valence electrons. The summed E-state index contributed by atoms with van der Waals surface area (Å²) in [5.74, 6) is 0.0619. The quantitative estimate of drug-likeness (QED) is 0.545. The first kappa shape index (κ1) is 7.28. The van der Waals surface area contributed by atoms with Gasteiger partial charge in [0.25, 0.3) is 0 Å². The van der Waals surface area contributed by atoms with E-state index in [1.807, 2.05) is 6.92 Å². The number of ether oxygens (including phenoxy) is 1. The number of carbonyl (C=O) groups is 1. The molecule has 1 atom stereocenters. The molecule has 0 bridgehead atoms. The highest BCUT2D eigenvalue weighted by molar-refractivity contribution is 5.82. The van der Waals surface area contributed by atoms with Crippen LogP contribution in [0, 0.1) is 0 Å². The molecule has 0 saturated heterocycles. The van der Waals surface area contributed by atoms with Gasteiger partial charge in [-0.25, -0.2) is 4.79 Å². The summed E-state index contributed by atoms with van der Waals surface area (Å²) < 4.78 is 4.73. The summed E-state index contributed by atoms with van der Waals surface area (Å²) in [6, 6.07) is 0. The molecule has 1 N–H and O–H groups in total.